The number of nitro groups is 1. The summed E-state index contributed by atoms with van der Waals surface area (Å²) in [6.07, 6.45) is 1.88. The molecule has 0 radical (unpaired) electrons. The van der Waals surface area contributed by atoms with Crippen LogP contribution < -0.4 is 5.32 Å². The number of hydrogen-bond acceptors (Lipinski definition) is 5. The van der Waals surface area contributed by atoms with Gasteiger partial charge in [0.15, 0.2) is 0 Å². The highest BCUT2D eigenvalue weighted by Gasteiger charge is 2.19. The van der Waals surface area contributed by atoms with Gasteiger partial charge in [0.05, 0.1) is 18.1 Å². The van der Waals surface area contributed by atoms with Crippen molar-refractivity contribution in [2.24, 2.45) is 0 Å². The quantitative estimate of drug-likeness (QED) is 0.629. The number of nitro benzene ring substituents is 1. The topological polar surface area (TPSA) is 84.6 Å². The second-order valence-corrected chi connectivity index (χ2v) is 4.33. The highest BCUT2D eigenvalue weighted by Crippen LogP contribution is 2.27. The van der Waals surface area contributed by atoms with Crippen LogP contribution in [0.2, 0.25) is 0 Å². The Balaban J connectivity index is 2.19. The number of benzene rings is 1. The molecule has 2 rings (SSSR count). The van der Waals surface area contributed by atoms with Crippen LogP contribution in [0, 0.1) is 10.1 Å². The lowest BCUT2D eigenvalue weighted by Crippen LogP contribution is -2.30. The number of hydrogen-bond donors (Lipinski definition) is 2. The molecule has 0 aromatic heterocycles. The van der Waals surface area contributed by atoms with Crippen molar-refractivity contribution in [3.63, 3.8) is 0 Å². The second-order valence-electron chi connectivity index (χ2n) is 4.33. The Kier molecular flexibility index (Phi) is 4.11. The molecule has 1 aliphatic heterocycles. The summed E-state index contributed by atoms with van der Waals surface area (Å²) in [7, 11) is 0. The van der Waals surface area contributed by atoms with Gasteiger partial charge < -0.3 is 15.2 Å². The molecule has 1 aromatic rings. The van der Waals surface area contributed by atoms with Gasteiger partial charge in [-0.3, -0.25) is 10.1 Å². The molecule has 0 bridgehead atoms. The van der Waals surface area contributed by atoms with Crippen molar-refractivity contribution in [2.45, 2.75) is 25.5 Å². The fourth-order valence-corrected chi connectivity index (χ4v) is 2.03. The molecule has 2 N–H and O–H groups in total. The number of rotatable bonds is 4. The number of ether oxygens (including phenoxy) is 1. The first-order valence-corrected chi connectivity index (χ1v) is 5.93. The van der Waals surface area contributed by atoms with Gasteiger partial charge in [-0.05, 0) is 30.5 Å². The molecular weight excluding hydrogens is 236 g/mol. The first-order valence-electron chi connectivity index (χ1n) is 5.93. The average Bonchev–Trinajstić information content (AvgIpc) is 2.39. The molecule has 1 atom stereocenters. The molecule has 0 saturated carbocycles. The molecule has 1 aromatic carbocycles. The molecule has 1 saturated heterocycles. The van der Waals surface area contributed by atoms with Crippen LogP contribution in [0.25, 0.3) is 0 Å². The van der Waals surface area contributed by atoms with E-state index in [9.17, 15) is 10.1 Å². The molecule has 0 aliphatic carbocycles. The molecule has 1 aliphatic rings. The minimum absolute atomic E-state index is 0.0257. The molecule has 98 valence electrons. The third kappa shape index (κ3) is 2.96. The minimum Gasteiger partial charge on any atom is -0.392 e. The lowest BCUT2D eigenvalue weighted by atomic mass is 10.1. The Hall–Kier alpha value is -1.66. The minimum atomic E-state index is -0.423. The molecule has 1 heterocycles. The van der Waals surface area contributed by atoms with Gasteiger partial charge in [-0.25, -0.2) is 0 Å². The van der Waals surface area contributed by atoms with Crippen molar-refractivity contribution in [3.05, 3.63) is 33.9 Å². The van der Waals surface area contributed by atoms with Gasteiger partial charge in [0, 0.05) is 18.7 Å². The predicted octanol–water partition coefficient (Wildman–Crippen LogP) is 1.68. The number of nitrogens with zero attached hydrogens (tertiary/aromatic N) is 1. The first kappa shape index (κ1) is 12.8. The average molecular weight is 252 g/mol. The van der Waals surface area contributed by atoms with Crippen molar-refractivity contribution in [1.82, 2.24) is 0 Å². The van der Waals surface area contributed by atoms with E-state index in [4.69, 9.17) is 9.84 Å². The van der Waals surface area contributed by atoms with E-state index >= 15 is 0 Å². The summed E-state index contributed by atoms with van der Waals surface area (Å²) in [5, 5.41) is 23.1. The van der Waals surface area contributed by atoms with Gasteiger partial charge in [0.2, 0.25) is 0 Å². The van der Waals surface area contributed by atoms with Crippen LogP contribution in [0.15, 0.2) is 18.2 Å². The Labute approximate surface area is 105 Å². The SMILES string of the molecule is O=[N+]([O-])c1ccc(CO)cc1NC1CCCOC1. The van der Waals surface area contributed by atoms with E-state index in [0.29, 0.717) is 17.9 Å². The summed E-state index contributed by atoms with van der Waals surface area (Å²) in [5.74, 6) is 0. The van der Waals surface area contributed by atoms with Crippen LogP contribution in [0.3, 0.4) is 0 Å². The summed E-state index contributed by atoms with van der Waals surface area (Å²) in [5.41, 5.74) is 1.12. The normalized spacial score (nSPS) is 19.5. The van der Waals surface area contributed by atoms with Gasteiger partial charge in [0.1, 0.15) is 5.69 Å². The first-order chi connectivity index (χ1) is 8.70. The number of nitrogens with one attached hydrogen (secondary N) is 1. The van der Waals surface area contributed by atoms with Crippen molar-refractivity contribution in [2.75, 3.05) is 18.5 Å². The summed E-state index contributed by atoms with van der Waals surface area (Å²) in [6, 6.07) is 4.68. The molecular formula is C12H16N2O4. The molecule has 1 unspecified atom stereocenters. The van der Waals surface area contributed by atoms with Crippen molar-refractivity contribution in [3.8, 4) is 0 Å². The van der Waals surface area contributed by atoms with Crippen LogP contribution in [-0.2, 0) is 11.3 Å². The van der Waals surface area contributed by atoms with Crippen LogP contribution >= 0.6 is 0 Å². The van der Waals surface area contributed by atoms with E-state index in [1.54, 1.807) is 12.1 Å². The Morgan fingerprint density at radius 3 is 3.00 bits per heavy atom. The van der Waals surface area contributed by atoms with Gasteiger partial charge >= 0.3 is 0 Å². The largest absolute Gasteiger partial charge is 0.392 e. The molecule has 6 nitrogen and oxygen atoms in total. The lowest BCUT2D eigenvalue weighted by molar-refractivity contribution is -0.384. The highest BCUT2D eigenvalue weighted by atomic mass is 16.6. The zero-order valence-electron chi connectivity index (χ0n) is 9.96. The fourth-order valence-electron chi connectivity index (χ4n) is 2.03. The highest BCUT2D eigenvalue weighted by molar-refractivity contribution is 5.63. The zero-order chi connectivity index (χ0) is 13.0. The third-order valence-electron chi connectivity index (χ3n) is 2.96. The molecule has 6 heteroatoms. The van der Waals surface area contributed by atoms with E-state index in [1.807, 2.05) is 0 Å². The van der Waals surface area contributed by atoms with E-state index in [1.165, 1.54) is 6.07 Å². The Bertz CT molecular complexity index is 430. The lowest BCUT2D eigenvalue weighted by Gasteiger charge is -2.24. The molecule has 1 fully saturated rings. The van der Waals surface area contributed by atoms with E-state index in [-0.39, 0.29) is 18.3 Å². The smallest absolute Gasteiger partial charge is 0.292 e. The third-order valence-corrected chi connectivity index (χ3v) is 2.96. The van der Waals surface area contributed by atoms with Crippen molar-refractivity contribution < 1.29 is 14.8 Å². The van der Waals surface area contributed by atoms with Gasteiger partial charge in [-0.2, -0.15) is 0 Å². The zero-order valence-corrected chi connectivity index (χ0v) is 9.96. The van der Waals surface area contributed by atoms with Crippen LogP contribution in [-0.4, -0.2) is 29.3 Å². The van der Waals surface area contributed by atoms with Crippen molar-refractivity contribution >= 4 is 11.4 Å². The molecule has 0 spiro atoms. The standard InChI is InChI=1S/C12H16N2O4/c15-7-9-3-4-12(14(16)17)11(6-9)13-10-2-1-5-18-8-10/h3-4,6,10,13,15H,1-2,5,7-8H2. The van der Waals surface area contributed by atoms with Crippen LogP contribution in [0.1, 0.15) is 18.4 Å². The maximum atomic E-state index is 10.9. The Morgan fingerprint density at radius 1 is 1.56 bits per heavy atom. The van der Waals surface area contributed by atoms with E-state index in [2.05, 4.69) is 5.32 Å². The van der Waals surface area contributed by atoms with Gasteiger partial charge in [-0.1, -0.05) is 0 Å². The van der Waals surface area contributed by atoms with E-state index in [0.717, 1.165) is 19.4 Å². The number of aliphatic hydroxyl groups excluding tert-OH is 1. The Morgan fingerprint density at radius 2 is 2.39 bits per heavy atom. The number of anilines is 1. The maximum absolute atomic E-state index is 10.9. The molecule has 0 amide bonds. The predicted molar refractivity (Wildman–Crippen MR) is 66.5 cm³/mol. The summed E-state index contributed by atoms with van der Waals surface area (Å²) < 4.78 is 5.33. The van der Waals surface area contributed by atoms with Crippen LogP contribution in [0.4, 0.5) is 11.4 Å². The monoisotopic (exact) mass is 252 g/mol. The van der Waals surface area contributed by atoms with E-state index < -0.39 is 4.92 Å². The number of aliphatic hydroxyl groups is 1. The summed E-state index contributed by atoms with van der Waals surface area (Å²) >= 11 is 0. The van der Waals surface area contributed by atoms with Gasteiger partial charge in [-0.15, -0.1) is 0 Å². The van der Waals surface area contributed by atoms with Crippen LogP contribution in [0.5, 0.6) is 0 Å². The maximum Gasteiger partial charge on any atom is 0.292 e. The summed E-state index contributed by atoms with van der Waals surface area (Å²) in [6.45, 7) is 1.17. The molecule has 18 heavy (non-hydrogen) atoms. The van der Waals surface area contributed by atoms with Gasteiger partial charge in [0.25, 0.3) is 5.69 Å². The van der Waals surface area contributed by atoms with Crippen molar-refractivity contribution in [1.29, 1.82) is 0 Å². The fraction of sp³-hybridized carbons (Fsp3) is 0.500. The summed E-state index contributed by atoms with van der Waals surface area (Å²) in [4.78, 5) is 10.5. The second kappa shape index (κ2) is 5.79.